The Morgan fingerprint density at radius 1 is 1.60 bits per heavy atom. The van der Waals surface area contributed by atoms with Crippen LogP contribution in [-0.4, -0.2) is 11.2 Å². The third-order valence-electron chi connectivity index (χ3n) is 2.13. The highest BCUT2D eigenvalue weighted by Gasteiger charge is 2.06. The summed E-state index contributed by atoms with van der Waals surface area (Å²) in [5.74, 6) is -0.367. The first-order valence-corrected chi connectivity index (χ1v) is 4.54. The molecule has 0 aliphatic heterocycles. The van der Waals surface area contributed by atoms with Gasteiger partial charge in [0.2, 0.25) is 5.96 Å². The molecule has 82 valence electrons. The van der Waals surface area contributed by atoms with E-state index in [1.54, 1.807) is 31.5 Å². The van der Waals surface area contributed by atoms with Gasteiger partial charge in [-0.2, -0.15) is 0 Å². The first-order chi connectivity index (χ1) is 7.04. The van der Waals surface area contributed by atoms with Crippen molar-refractivity contribution in [2.75, 3.05) is 0 Å². The smallest absolute Gasteiger partial charge is 0.213 e. The number of nitrogens with two attached hydrogens (primary N) is 1. The van der Waals surface area contributed by atoms with Crippen LogP contribution >= 0.6 is 0 Å². The number of aliphatic imine (C=N–C) groups is 1. The molecule has 4 N–H and O–H groups in total. The highest BCUT2D eigenvalue weighted by atomic mass is 19.1. The van der Waals surface area contributed by atoms with E-state index < -0.39 is 0 Å². The Hall–Kier alpha value is -1.62. The molecule has 0 aromatic heterocycles. The highest BCUT2D eigenvalue weighted by molar-refractivity contribution is 5.76. The van der Waals surface area contributed by atoms with E-state index in [2.05, 4.69) is 4.99 Å². The number of hydroxylamine groups is 1. The Kier molecular flexibility index (Phi) is 3.62. The number of guanidine groups is 1. The Morgan fingerprint density at radius 2 is 2.27 bits per heavy atom. The van der Waals surface area contributed by atoms with Crippen molar-refractivity contribution in [1.29, 1.82) is 0 Å². The molecule has 0 spiro atoms. The molecule has 0 radical (unpaired) electrons. The van der Waals surface area contributed by atoms with Gasteiger partial charge in [-0.05, 0) is 31.0 Å². The molecule has 0 aliphatic carbocycles. The lowest BCUT2D eigenvalue weighted by Gasteiger charge is -2.08. The van der Waals surface area contributed by atoms with Gasteiger partial charge in [-0.25, -0.2) is 14.9 Å². The minimum Gasteiger partial charge on any atom is -0.368 e. The predicted octanol–water partition coefficient (Wildman–Crippen LogP) is 1.49. The SMILES string of the molecule is Cc1ccc(C(C)N=C(N)NO)cc1F. The van der Waals surface area contributed by atoms with Crippen LogP contribution in [0.25, 0.3) is 0 Å². The van der Waals surface area contributed by atoms with Crippen molar-refractivity contribution in [2.45, 2.75) is 19.9 Å². The Labute approximate surface area is 87.6 Å². The van der Waals surface area contributed by atoms with Crippen molar-refractivity contribution >= 4 is 5.96 Å². The van der Waals surface area contributed by atoms with Crippen LogP contribution in [0.5, 0.6) is 0 Å². The lowest BCUT2D eigenvalue weighted by atomic mass is 10.1. The fourth-order valence-corrected chi connectivity index (χ4v) is 1.18. The first-order valence-electron chi connectivity index (χ1n) is 4.54. The average Bonchev–Trinajstić information content (AvgIpc) is 2.21. The molecule has 1 atom stereocenters. The largest absolute Gasteiger partial charge is 0.368 e. The summed E-state index contributed by atoms with van der Waals surface area (Å²) in [7, 11) is 0. The molecule has 1 aromatic carbocycles. The van der Waals surface area contributed by atoms with Crippen molar-refractivity contribution in [3.05, 3.63) is 35.1 Å². The Morgan fingerprint density at radius 3 is 2.80 bits per heavy atom. The van der Waals surface area contributed by atoms with Gasteiger partial charge in [0.25, 0.3) is 0 Å². The normalized spacial score (nSPS) is 13.7. The summed E-state index contributed by atoms with van der Waals surface area (Å²) in [4.78, 5) is 3.90. The fraction of sp³-hybridized carbons (Fsp3) is 0.300. The zero-order valence-corrected chi connectivity index (χ0v) is 8.66. The molecule has 1 aromatic rings. The zero-order chi connectivity index (χ0) is 11.4. The van der Waals surface area contributed by atoms with Gasteiger partial charge in [-0.3, -0.25) is 5.21 Å². The van der Waals surface area contributed by atoms with E-state index in [-0.39, 0.29) is 17.8 Å². The van der Waals surface area contributed by atoms with Gasteiger partial charge in [0.1, 0.15) is 5.82 Å². The number of aryl methyl sites for hydroxylation is 1. The van der Waals surface area contributed by atoms with Gasteiger partial charge in [0.05, 0.1) is 6.04 Å². The second kappa shape index (κ2) is 4.75. The average molecular weight is 211 g/mol. The standard InChI is InChI=1S/C10H14FN3O/c1-6-3-4-8(5-9(6)11)7(2)13-10(12)14-15/h3-5,7,15H,1-2H3,(H3,12,13,14). The van der Waals surface area contributed by atoms with E-state index in [4.69, 9.17) is 10.9 Å². The molecule has 1 rings (SSSR count). The third-order valence-corrected chi connectivity index (χ3v) is 2.13. The van der Waals surface area contributed by atoms with Gasteiger partial charge in [0.15, 0.2) is 0 Å². The van der Waals surface area contributed by atoms with E-state index in [1.807, 2.05) is 0 Å². The molecule has 4 nitrogen and oxygen atoms in total. The maximum absolute atomic E-state index is 13.2. The summed E-state index contributed by atoms with van der Waals surface area (Å²) >= 11 is 0. The third kappa shape index (κ3) is 2.92. The van der Waals surface area contributed by atoms with Gasteiger partial charge in [-0.1, -0.05) is 12.1 Å². The minimum absolute atomic E-state index is 0.0940. The van der Waals surface area contributed by atoms with Crippen molar-refractivity contribution in [1.82, 2.24) is 5.48 Å². The minimum atomic E-state index is -0.306. The number of halogens is 1. The molecular weight excluding hydrogens is 197 g/mol. The van der Waals surface area contributed by atoms with Gasteiger partial charge >= 0.3 is 0 Å². The van der Waals surface area contributed by atoms with Crippen molar-refractivity contribution < 1.29 is 9.60 Å². The van der Waals surface area contributed by atoms with Crippen LogP contribution in [-0.2, 0) is 0 Å². The van der Waals surface area contributed by atoms with Crippen LogP contribution in [0.3, 0.4) is 0 Å². The van der Waals surface area contributed by atoms with Gasteiger partial charge in [-0.15, -0.1) is 0 Å². The lowest BCUT2D eigenvalue weighted by molar-refractivity contribution is 0.232. The molecule has 0 aliphatic rings. The summed E-state index contributed by atoms with van der Waals surface area (Å²) in [5.41, 5.74) is 8.29. The summed E-state index contributed by atoms with van der Waals surface area (Å²) in [6.45, 7) is 3.45. The van der Waals surface area contributed by atoms with Crippen molar-refractivity contribution in [2.24, 2.45) is 10.7 Å². The summed E-state index contributed by atoms with van der Waals surface area (Å²) in [6, 6.07) is 4.56. The molecule has 0 fully saturated rings. The zero-order valence-electron chi connectivity index (χ0n) is 8.66. The molecule has 0 heterocycles. The predicted molar refractivity (Wildman–Crippen MR) is 56.1 cm³/mol. The van der Waals surface area contributed by atoms with Crippen LogP contribution in [0.2, 0.25) is 0 Å². The number of hydrogen-bond acceptors (Lipinski definition) is 2. The maximum Gasteiger partial charge on any atom is 0.213 e. The van der Waals surface area contributed by atoms with Gasteiger partial charge < -0.3 is 5.73 Å². The number of nitrogens with zero attached hydrogens (tertiary/aromatic N) is 1. The van der Waals surface area contributed by atoms with E-state index >= 15 is 0 Å². The van der Waals surface area contributed by atoms with Crippen LogP contribution in [0.4, 0.5) is 4.39 Å². The van der Waals surface area contributed by atoms with Crippen LogP contribution in [0.1, 0.15) is 24.1 Å². The van der Waals surface area contributed by atoms with E-state index in [1.165, 1.54) is 6.07 Å². The van der Waals surface area contributed by atoms with Gasteiger partial charge in [0, 0.05) is 0 Å². The molecule has 0 amide bonds. The summed E-state index contributed by atoms with van der Waals surface area (Å²) < 4.78 is 13.2. The van der Waals surface area contributed by atoms with Crippen LogP contribution < -0.4 is 11.2 Å². The first kappa shape index (κ1) is 11.5. The molecule has 1 unspecified atom stereocenters. The summed E-state index contributed by atoms with van der Waals surface area (Å²) in [6.07, 6.45) is 0. The second-order valence-electron chi connectivity index (χ2n) is 3.31. The molecule has 0 bridgehead atoms. The molecule has 5 heteroatoms. The van der Waals surface area contributed by atoms with E-state index in [0.29, 0.717) is 11.1 Å². The fourth-order valence-electron chi connectivity index (χ4n) is 1.18. The van der Waals surface area contributed by atoms with Crippen LogP contribution in [0.15, 0.2) is 23.2 Å². The quantitative estimate of drug-likeness (QED) is 0.394. The van der Waals surface area contributed by atoms with E-state index in [0.717, 1.165) is 0 Å². The van der Waals surface area contributed by atoms with E-state index in [9.17, 15) is 4.39 Å². The monoisotopic (exact) mass is 211 g/mol. The number of nitrogens with one attached hydrogen (secondary N) is 1. The number of benzene rings is 1. The highest BCUT2D eigenvalue weighted by Crippen LogP contribution is 2.19. The Bertz CT molecular complexity index is 379. The lowest BCUT2D eigenvalue weighted by Crippen LogP contribution is -2.28. The van der Waals surface area contributed by atoms with Crippen molar-refractivity contribution in [3.63, 3.8) is 0 Å². The molecule has 0 saturated heterocycles. The Balaban J connectivity index is 2.92. The number of rotatable bonds is 2. The van der Waals surface area contributed by atoms with Crippen LogP contribution in [0, 0.1) is 12.7 Å². The maximum atomic E-state index is 13.2. The summed E-state index contributed by atoms with van der Waals surface area (Å²) in [5, 5.41) is 8.45. The van der Waals surface area contributed by atoms with Crippen molar-refractivity contribution in [3.8, 4) is 0 Å². The molecular formula is C10H14FN3O. The number of hydrogen-bond donors (Lipinski definition) is 3. The second-order valence-corrected chi connectivity index (χ2v) is 3.31. The molecule has 15 heavy (non-hydrogen) atoms. The topological polar surface area (TPSA) is 70.6 Å². The molecule has 0 saturated carbocycles.